The van der Waals surface area contributed by atoms with Crippen LogP contribution in [0, 0.1) is 11.5 Å². The van der Waals surface area contributed by atoms with Crippen LogP contribution in [-0.2, 0) is 6.42 Å². The summed E-state index contributed by atoms with van der Waals surface area (Å²) in [6.07, 6.45) is 6.87. The zero-order valence-electron chi connectivity index (χ0n) is 15.3. The molecule has 1 heterocycles. The molecule has 28 heavy (non-hydrogen) atoms. The predicted octanol–water partition coefficient (Wildman–Crippen LogP) is 3.88. The largest absolute Gasteiger partial charge is 0.496 e. The van der Waals surface area contributed by atoms with Crippen LogP contribution in [0.4, 0.5) is 5.69 Å². The van der Waals surface area contributed by atoms with E-state index in [0.717, 1.165) is 24.1 Å². The van der Waals surface area contributed by atoms with Crippen molar-refractivity contribution in [1.29, 1.82) is 5.26 Å². The van der Waals surface area contributed by atoms with Crippen LogP contribution < -0.4 is 15.4 Å². The highest BCUT2D eigenvalue weighted by Gasteiger charge is 2.22. The molecule has 0 aliphatic heterocycles. The summed E-state index contributed by atoms with van der Waals surface area (Å²) in [5.74, 6) is 1.65. The molecule has 7 nitrogen and oxygen atoms in total. The molecule has 1 atom stereocenters. The molecular weight excluding hydrogens is 354 g/mol. The number of oxazole rings is 1. The zero-order valence-corrected chi connectivity index (χ0v) is 15.3. The number of aliphatic imine (C=N–C) groups is 1. The van der Waals surface area contributed by atoms with Gasteiger partial charge in [-0.3, -0.25) is 5.32 Å². The van der Waals surface area contributed by atoms with Crippen molar-refractivity contribution < 1.29 is 9.15 Å². The predicted molar refractivity (Wildman–Crippen MR) is 106 cm³/mol. The van der Waals surface area contributed by atoms with Crippen LogP contribution in [0.2, 0.25) is 0 Å². The second-order valence-corrected chi connectivity index (χ2v) is 6.37. The van der Waals surface area contributed by atoms with Crippen molar-refractivity contribution in [3.8, 4) is 23.3 Å². The number of nitriles is 1. The highest BCUT2D eigenvalue weighted by Crippen LogP contribution is 2.34. The SMILES string of the molecule is COc1cc(NC(=NC2CCc3ccccc32)NC#N)ccc1-c1cnco1. The Labute approximate surface area is 162 Å². The highest BCUT2D eigenvalue weighted by atomic mass is 16.5. The number of aryl methyl sites for hydroxylation is 1. The second kappa shape index (κ2) is 7.84. The maximum absolute atomic E-state index is 9.13. The van der Waals surface area contributed by atoms with E-state index in [4.69, 9.17) is 19.4 Å². The quantitative estimate of drug-likeness (QED) is 0.312. The zero-order chi connectivity index (χ0) is 19.3. The Morgan fingerprint density at radius 3 is 3.00 bits per heavy atom. The number of methoxy groups -OCH3 is 1. The molecule has 2 N–H and O–H groups in total. The third-order valence-corrected chi connectivity index (χ3v) is 4.72. The Morgan fingerprint density at radius 2 is 2.21 bits per heavy atom. The molecule has 0 radical (unpaired) electrons. The van der Waals surface area contributed by atoms with E-state index in [1.807, 2.05) is 36.5 Å². The van der Waals surface area contributed by atoms with E-state index >= 15 is 0 Å². The fourth-order valence-corrected chi connectivity index (χ4v) is 3.43. The van der Waals surface area contributed by atoms with E-state index in [9.17, 15) is 0 Å². The molecule has 3 aromatic rings. The lowest BCUT2D eigenvalue weighted by Crippen LogP contribution is -2.27. The molecule has 1 aliphatic rings. The van der Waals surface area contributed by atoms with Crippen molar-refractivity contribution in [1.82, 2.24) is 10.3 Å². The lowest BCUT2D eigenvalue weighted by molar-refractivity contribution is 0.415. The molecule has 0 saturated carbocycles. The number of benzene rings is 2. The highest BCUT2D eigenvalue weighted by molar-refractivity contribution is 5.95. The van der Waals surface area contributed by atoms with Gasteiger partial charge < -0.3 is 14.5 Å². The Hall–Kier alpha value is -3.79. The fraction of sp³-hybridized carbons (Fsp3) is 0.190. The van der Waals surface area contributed by atoms with Gasteiger partial charge in [0.1, 0.15) is 5.75 Å². The number of guanidine groups is 1. The number of nitrogens with zero attached hydrogens (tertiary/aromatic N) is 3. The third-order valence-electron chi connectivity index (χ3n) is 4.72. The van der Waals surface area contributed by atoms with Gasteiger partial charge in [0.05, 0.1) is 24.9 Å². The first-order valence-electron chi connectivity index (χ1n) is 8.93. The summed E-state index contributed by atoms with van der Waals surface area (Å²) in [4.78, 5) is 8.67. The van der Waals surface area contributed by atoms with Crippen molar-refractivity contribution in [3.63, 3.8) is 0 Å². The number of hydrogen-bond donors (Lipinski definition) is 2. The first-order valence-corrected chi connectivity index (χ1v) is 8.93. The monoisotopic (exact) mass is 373 g/mol. The van der Waals surface area contributed by atoms with Gasteiger partial charge in [0.25, 0.3) is 0 Å². The minimum Gasteiger partial charge on any atom is -0.496 e. The smallest absolute Gasteiger partial charge is 0.209 e. The van der Waals surface area contributed by atoms with Crippen molar-refractivity contribution in [2.75, 3.05) is 12.4 Å². The molecule has 1 aromatic heterocycles. The van der Waals surface area contributed by atoms with E-state index in [1.54, 1.807) is 13.3 Å². The summed E-state index contributed by atoms with van der Waals surface area (Å²) >= 11 is 0. The van der Waals surface area contributed by atoms with Crippen LogP contribution in [0.1, 0.15) is 23.6 Å². The van der Waals surface area contributed by atoms with Gasteiger partial charge >= 0.3 is 0 Å². The number of ether oxygens (including phenoxy) is 1. The molecule has 1 aliphatic carbocycles. The summed E-state index contributed by atoms with van der Waals surface area (Å²) in [7, 11) is 1.59. The van der Waals surface area contributed by atoms with Gasteiger partial charge in [0.2, 0.25) is 5.96 Å². The second-order valence-electron chi connectivity index (χ2n) is 6.37. The fourth-order valence-electron chi connectivity index (χ4n) is 3.43. The van der Waals surface area contributed by atoms with Crippen molar-refractivity contribution in [3.05, 3.63) is 66.2 Å². The van der Waals surface area contributed by atoms with Gasteiger partial charge in [0, 0.05) is 11.8 Å². The maximum Gasteiger partial charge on any atom is 0.209 e. The number of rotatable bonds is 4. The molecule has 1 unspecified atom stereocenters. The van der Waals surface area contributed by atoms with Crippen LogP contribution >= 0.6 is 0 Å². The van der Waals surface area contributed by atoms with E-state index in [2.05, 4.69) is 27.8 Å². The number of fused-ring (bicyclic) bond motifs is 1. The topological polar surface area (TPSA) is 95.5 Å². The van der Waals surface area contributed by atoms with E-state index in [1.165, 1.54) is 17.5 Å². The standard InChI is InChI=1S/C21H19N5O2/c1-27-19-10-15(7-8-17(19)20-11-23-13-28-20)25-21(24-12-22)26-18-9-6-14-4-2-3-5-16(14)18/h2-5,7-8,10-11,13,18H,6,9H2,1H3,(H2,24,25,26). The molecule has 2 aromatic carbocycles. The van der Waals surface area contributed by atoms with Gasteiger partial charge in [-0.25, -0.2) is 9.98 Å². The molecule has 7 heteroatoms. The lowest BCUT2D eigenvalue weighted by atomic mass is 10.1. The summed E-state index contributed by atoms with van der Waals surface area (Å²) in [5, 5.41) is 14.9. The van der Waals surface area contributed by atoms with Crippen LogP contribution in [0.25, 0.3) is 11.3 Å². The van der Waals surface area contributed by atoms with Crippen LogP contribution in [0.3, 0.4) is 0 Å². The van der Waals surface area contributed by atoms with Crippen LogP contribution in [0.15, 0.2) is 64.5 Å². The molecule has 0 saturated heterocycles. The molecule has 140 valence electrons. The average molecular weight is 373 g/mol. The Bertz CT molecular complexity index is 1040. The van der Waals surface area contributed by atoms with Crippen molar-refractivity contribution >= 4 is 11.6 Å². The minimum absolute atomic E-state index is 0.0231. The number of nitrogens with one attached hydrogen (secondary N) is 2. The lowest BCUT2D eigenvalue weighted by Gasteiger charge is -2.14. The van der Waals surface area contributed by atoms with Crippen LogP contribution in [0.5, 0.6) is 5.75 Å². The van der Waals surface area contributed by atoms with Gasteiger partial charge in [-0.15, -0.1) is 0 Å². The first-order chi connectivity index (χ1) is 13.8. The molecule has 0 spiro atoms. The minimum atomic E-state index is 0.0231. The summed E-state index contributed by atoms with van der Waals surface area (Å²) in [5.41, 5.74) is 4.06. The van der Waals surface area contributed by atoms with Gasteiger partial charge in [-0.05, 0) is 36.1 Å². The summed E-state index contributed by atoms with van der Waals surface area (Å²) < 4.78 is 10.8. The molecule has 0 bridgehead atoms. The first kappa shape index (κ1) is 17.6. The Balaban J connectivity index is 1.60. The molecule has 4 rings (SSSR count). The third kappa shape index (κ3) is 3.53. The molecule has 0 fully saturated rings. The Kier molecular flexibility index (Phi) is 4.93. The maximum atomic E-state index is 9.13. The van der Waals surface area contributed by atoms with E-state index < -0.39 is 0 Å². The molecular formula is C21H19N5O2. The summed E-state index contributed by atoms with van der Waals surface area (Å²) in [6, 6.07) is 13.9. The van der Waals surface area contributed by atoms with Gasteiger partial charge in [-0.1, -0.05) is 24.3 Å². The van der Waals surface area contributed by atoms with Crippen LogP contribution in [-0.4, -0.2) is 18.1 Å². The average Bonchev–Trinajstić information content (AvgIpc) is 3.39. The molecule has 0 amide bonds. The number of anilines is 1. The van der Waals surface area contributed by atoms with Crippen molar-refractivity contribution in [2.45, 2.75) is 18.9 Å². The Morgan fingerprint density at radius 1 is 1.32 bits per heavy atom. The summed E-state index contributed by atoms with van der Waals surface area (Å²) in [6.45, 7) is 0. The van der Waals surface area contributed by atoms with Gasteiger partial charge in [0.15, 0.2) is 18.3 Å². The normalized spacial score (nSPS) is 15.6. The number of aromatic nitrogens is 1. The number of hydrogen-bond acceptors (Lipinski definition) is 5. The van der Waals surface area contributed by atoms with E-state index in [0.29, 0.717) is 17.5 Å². The van der Waals surface area contributed by atoms with Crippen molar-refractivity contribution in [2.24, 2.45) is 4.99 Å². The van der Waals surface area contributed by atoms with Gasteiger partial charge in [-0.2, -0.15) is 5.26 Å². The van der Waals surface area contributed by atoms with E-state index in [-0.39, 0.29) is 6.04 Å².